The van der Waals surface area contributed by atoms with Crippen LogP contribution >= 0.6 is 0 Å². The first-order valence-corrected chi connectivity index (χ1v) is 6.63. The third kappa shape index (κ3) is 3.33. The van der Waals surface area contributed by atoms with Gasteiger partial charge in [0.1, 0.15) is 0 Å². The van der Waals surface area contributed by atoms with Gasteiger partial charge >= 0.3 is 5.69 Å². The fourth-order valence-corrected chi connectivity index (χ4v) is 2.06. The SMILES string of the molecule is Cc1cc(Cn2nnn(CC(C)C)c2=O)ccc1[N+](=O)[O-]. The number of nitro groups is 1. The number of rotatable bonds is 5. The summed E-state index contributed by atoms with van der Waals surface area (Å²) >= 11 is 0. The summed E-state index contributed by atoms with van der Waals surface area (Å²) in [5.41, 5.74) is 1.12. The van der Waals surface area contributed by atoms with Gasteiger partial charge in [0, 0.05) is 11.6 Å². The summed E-state index contributed by atoms with van der Waals surface area (Å²) in [6.07, 6.45) is 0. The van der Waals surface area contributed by atoms with Crippen molar-refractivity contribution in [2.24, 2.45) is 5.92 Å². The molecule has 1 heterocycles. The largest absolute Gasteiger partial charge is 0.363 e. The van der Waals surface area contributed by atoms with E-state index in [4.69, 9.17) is 0 Å². The molecule has 0 atom stereocenters. The molecule has 0 N–H and O–H groups in total. The van der Waals surface area contributed by atoms with Crippen molar-refractivity contribution in [3.8, 4) is 0 Å². The molecule has 0 saturated carbocycles. The van der Waals surface area contributed by atoms with Crippen molar-refractivity contribution in [2.75, 3.05) is 0 Å². The zero-order valence-electron chi connectivity index (χ0n) is 12.2. The second-order valence-electron chi connectivity index (χ2n) is 5.37. The molecule has 1 aromatic heterocycles. The van der Waals surface area contributed by atoms with Crippen molar-refractivity contribution in [1.29, 1.82) is 0 Å². The fourth-order valence-electron chi connectivity index (χ4n) is 2.06. The summed E-state index contributed by atoms with van der Waals surface area (Å²) in [6, 6.07) is 4.75. The number of aryl methyl sites for hydroxylation is 1. The minimum atomic E-state index is -0.426. The molecule has 0 aliphatic rings. The van der Waals surface area contributed by atoms with Crippen LogP contribution in [0, 0.1) is 23.0 Å². The van der Waals surface area contributed by atoms with E-state index in [2.05, 4.69) is 10.4 Å². The van der Waals surface area contributed by atoms with E-state index in [-0.39, 0.29) is 17.9 Å². The molecule has 0 saturated heterocycles. The summed E-state index contributed by atoms with van der Waals surface area (Å²) in [4.78, 5) is 22.4. The first-order valence-electron chi connectivity index (χ1n) is 6.63. The van der Waals surface area contributed by atoms with E-state index in [1.807, 2.05) is 13.8 Å². The van der Waals surface area contributed by atoms with Crippen LogP contribution in [0.25, 0.3) is 0 Å². The van der Waals surface area contributed by atoms with Gasteiger partial charge in [0.05, 0.1) is 18.0 Å². The van der Waals surface area contributed by atoms with Crippen LogP contribution in [0.4, 0.5) is 5.69 Å². The fraction of sp³-hybridized carbons (Fsp3) is 0.462. The van der Waals surface area contributed by atoms with Gasteiger partial charge in [-0.15, -0.1) is 0 Å². The second-order valence-corrected chi connectivity index (χ2v) is 5.37. The van der Waals surface area contributed by atoms with E-state index < -0.39 is 4.92 Å². The molecule has 2 aromatic rings. The maximum Gasteiger partial charge on any atom is 0.363 e. The maximum absolute atomic E-state index is 12.1. The summed E-state index contributed by atoms with van der Waals surface area (Å²) < 4.78 is 2.58. The number of hydrogen-bond acceptors (Lipinski definition) is 5. The number of nitro benzene ring substituents is 1. The molecule has 0 fully saturated rings. The average molecular weight is 291 g/mol. The lowest BCUT2D eigenvalue weighted by Gasteiger charge is -2.03. The van der Waals surface area contributed by atoms with Gasteiger partial charge in [-0.05, 0) is 34.9 Å². The number of benzene rings is 1. The molecule has 0 spiro atoms. The molecule has 2 rings (SSSR count). The smallest absolute Gasteiger partial charge is 0.258 e. The molecule has 0 radical (unpaired) electrons. The van der Waals surface area contributed by atoms with E-state index in [0.29, 0.717) is 18.0 Å². The predicted molar refractivity (Wildman–Crippen MR) is 76.1 cm³/mol. The topological polar surface area (TPSA) is 95.8 Å². The van der Waals surface area contributed by atoms with Crippen molar-refractivity contribution in [1.82, 2.24) is 19.8 Å². The lowest BCUT2D eigenvalue weighted by Crippen LogP contribution is -2.27. The van der Waals surface area contributed by atoms with Gasteiger partial charge in [0.25, 0.3) is 5.69 Å². The Morgan fingerprint density at radius 1 is 1.29 bits per heavy atom. The third-order valence-corrected chi connectivity index (χ3v) is 3.03. The van der Waals surface area contributed by atoms with Crippen LogP contribution < -0.4 is 5.69 Å². The molecule has 0 aliphatic heterocycles. The monoisotopic (exact) mass is 291 g/mol. The molecule has 21 heavy (non-hydrogen) atoms. The highest BCUT2D eigenvalue weighted by molar-refractivity contribution is 5.41. The van der Waals surface area contributed by atoms with Gasteiger partial charge in [-0.3, -0.25) is 10.1 Å². The minimum Gasteiger partial charge on any atom is -0.258 e. The highest BCUT2D eigenvalue weighted by atomic mass is 16.6. The number of tetrazole rings is 1. The molecule has 0 aliphatic carbocycles. The molecule has 0 bridgehead atoms. The van der Waals surface area contributed by atoms with Crippen LogP contribution in [-0.2, 0) is 13.1 Å². The molecule has 0 amide bonds. The van der Waals surface area contributed by atoms with Crippen molar-refractivity contribution >= 4 is 5.69 Å². The van der Waals surface area contributed by atoms with Crippen LogP contribution in [0.2, 0.25) is 0 Å². The van der Waals surface area contributed by atoms with Crippen molar-refractivity contribution < 1.29 is 4.92 Å². The van der Waals surface area contributed by atoms with E-state index in [1.165, 1.54) is 15.4 Å². The lowest BCUT2D eigenvalue weighted by atomic mass is 10.1. The molecule has 0 unspecified atom stereocenters. The van der Waals surface area contributed by atoms with Crippen LogP contribution in [-0.4, -0.2) is 24.7 Å². The van der Waals surface area contributed by atoms with Crippen molar-refractivity contribution in [3.63, 3.8) is 0 Å². The Kier molecular flexibility index (Phi) is 4.15. The Morgan fingerprint density at radius 2 is 1.95 bits per heavy atom. The molecule has 1 aromatic carbocycles. The highest BCUT2D eigenvalue weighted by Gasteiger charge is 2.12. The van der Waals surface area contributed by atoms with Crippen LogP contribution in [0.15, 0.2) is 23.0 Å². The van der Waals surface area contributed by atoms with Crippen molar-refractivity contribution in [3.05, 3.63) is 49.9 Å². The Hall–Kier alpha value is -2.51. The zero-order chi connectivity index (χ0) is 15.6. The summed E-state index contributed by atoms with van der Waals surface area (Å²) in [5, 5.41) is 18.4. The van der Waals surface area contributed by atoms with Crippen LogP contribution in [0.3, 0.4) is 0 Å². The third-order valence-electron chi connectivity index (χ3n) is 3.03. The lowest BCUT2D eigenvalue weighted by molar-refractivity contribution is -0.385. The quantitative estimate of drug-likeness (QED) is 0.612. The maximum atomic E-state index is 12.1. The first kappa shape index (κ1) is 14.9. The van der Waals surface area contributed by atoms with Gasteiger partial charge in [0.15, 0.2) is 0 Å². The average Bonchev–Trinajstić information content (AvgIpc) is 2.70. The molecule has 8 nitrogen and oxygen atoms in total. The van der Waals surface area contributed by atoms with Gasteiger partial charge < -0.3 is 0 Å². The minimum absolute atomic E-state index is 0.0644. The summed E-state index contributed by atoms with van der Waals surface area (Å²) in [7, 11) is 0. The Balaban J connectivity index is 2.23. The van der Waals surface area contributed by atoms with Gasteiger partial charge in [-0.1, -0.05) is 19.9 Å². The van der Waals surface area contributed by atoms with E-state index in [0.717, 1.165) is 5.56 Å². The highest BCUT2D eigenvalue weighted by Crippen LogP contribution is 2.18. The summed E-state index contributed by atoms with van der Waals surface area (Å²) in [5.74, 6) is 0.300. The van der Waals surface area contributed by atoms with E-state index >= 15 is 0 Å². The molecule has 112 valence electrons. The predicted octanol–water partition coefficient (Wildman–Crippen LogP) is 1.36. The molecular weight excluding hydrogens is 274 g/mol. The van der Waals surface area contributed by atoms with E-state index in [1.54, 1.807) is 19.1 Å². The van der Waals surface area contributed by atoms with Gasteiger partial charge in [0.2, 0.25) is 0 Å². The second kappa shape index (κ2) is 5.86. The van der Waals surface area contributed by atoms with Crippen molar-refractivity contribution in [2.45, 2.75) is 33.9 Å². The molecular formula is C13H17N5O3. The normalized spacial score (nSPS) is 11.0. The van der Waals surface area contributed by atoms with Crippen LogP contribution in [0.5, 0.6) is 0 Å². The Morgan fingerprint density at radius 3 is 2.52 bits per heavy atom. The number of nitrogens with zero attached hydrogens (tertiary/aromatic N) is 5. The van der Waals surface area contributed by atoms with Gasteiger partial charge in [-0.25, -0.2) is 4.79 Å². The molecule has 8 heteroatoms. The van der Waals surface area contributed by atoms with Crippen LogP contribution in [0.1, 0.15) is 25.0 Å². The first-order chi connectivity index (χ1) is 9.88. The number of hydrogen-bond donors (Lipinski definition) is 0. The zero-order valence-corrected chi connectivity index (χ0v) is 12.2. The summed E-state index contributed by atoms with van der Waals surface area (Å²) in [6.45, 7) is 6.41. The van der Waals surface area contributed by atoms with Gasteiger partial charge in [-0.2, -0.15) is 9.36 Å². The number of aromatic nitrogens is 4. The van der Waals surface area contributed by atoms with E-state index in [9.17, 15) is 14.9 Å². The Labute approximate surface area is 121 Å². The standard InChI is InChI=1S/C13H17N5O3/c1-9(2)7-16-13(19)17(15-14-16)8-11-4-5-12(18(20)21)10(3)6-11/h4-6,9H,7-8H2,1-3H3. The Bertz CT molecular complexity index is 717.